The van der Waals surface area contributed by atoms with Gasteiger partial charge in [0.25, 0.3) is 0 Å². The summed E-state index contributed by atoms with van der Waals surface area (Å²) in [6, 6.07) is 0.772. The van der Waals surface area contributed by atoms with Crippen molar-refractivity contribution in [2.45, 2.75) is 65.5 Å². The molecule has 0 aliphatic heterocycles. The summed E-state index contributed by atoms with van der Waals surface area (Å²) in [5, 5.41) is 4.82. The molecule has 1 saturated carbocycles. The fourth-order valence-corrected chi connectivity index (χ4v) is 3.22. The number of anilines is 1. The number of hydrogen-bond acceptors (Lipinski definition) is 4. The summed E-state index contributed by atoms with van der Waals surface area (Å²) in [4.78, 5) is 8.65. The Bertz CT molecular complexity index is 410. The van der Waals surface area contributed by atoms with Crippen LogP contribution in [0.4, 0.5) is 5.13 Å². The van der Waals surface area contributed by atoms with Gasteiger partial charge in [0, 0.05) is 31.1 Å². The molecule has 1 N–H and O–H groups in total. The molecule has 20 heavy (non-hydrogen) atoms. The van der Waals surface area contributed by atoms with E-state index in [-0.39, 0.29) is 0 Å². The van der Waals surface area contributed by atoms with Crippen LogP contribution in [0, 0.1) is 5.92 Å². The minimum absolute atomic E-state index is 0.753. The van der Waals surface area contributed by atoms with E-state index in [9.17, 15) is 0 Å². The molecule has 114 valence electrons. The smallest absolute Gasteiger partial charge is 0.185 e. The van der Waals surface area contributed by atoms with Crippen LogP contribution >= 0.6 is 11.3 Å². The summed E-state index contributed by atoms with van der Waals surface area (Å²) in [6.45, 7) is 8.91. The zero-order valence-electron chi connectivity index (χ0n) is 13.4. The monoisotopic (exact) mass is 295 g/mol. The topological polar surface area (TPSA) is 28.2 Å². The zero-order chi connectivity index (χ0) is 14.5. The van der Waals surface area contributed by atoms with E-state index in [0.29, 0.717) is 0 Å². The van der Waals surface area contributed by atoms with Gasteiger partial charge in [-0.1, -0.05) is 27.2 Å². The predicted molar refractivity (Wildman–Crippen MR) is 88.7 cm³/mol. The van der Waals surface area contributed by atoms with E-state index >= 15 is 0 Å². The highest BCUT2D eigenvalue weighted by atomic mass is 32.1. The third kappa shape index (κ3) is 4.74. The Balaban J connectivity index is 1.98. The lowest BCUT2D eigenvalue weighted by Crippen LogP contribution is -2.19. The van der Waals surface area contributed by atoms with Crippen molar-refractivity contribution in [2.24, 2.45) is 5.92 Å². The molecule has 0 saturated heterocycles. The van der Waals surface area contributed by atoms with E-state index in [1.165, 1.54) is 41.4 Å². The maximum atomic E-state index is 4.88. The van der Waals surface area contributed by atoms with Gasteiger partial charge in [0.2, 0.25) is 0 Å². The highest BCUT2D eigenvalue weighted by Gasteiger charge is 2.22. The molecular formula is C16H29N3S. The first-order chi connectivity index (χ1) is 9.60. The minimum Gasteiger partial charge on any atom is -0.351 e. The normalized spacial score (nSPS) is 15.1. The van der Waals surface area contributed by atoms with Crippen LogP contribution in [0.3, 0.4) is 0 Å². The van der Waals surface area contributed by atoms with Crippen LogP contribution in [0.25, 0.3) is 0 Å². The number of aryl methyl sites for hydroxylation is 1. The average molecular weight is 295 g/mol. The van der Waals surface area contributed by atoms with Crippen LogP contribution in [-0.2, 0) is 13.0 Å². The van der Waals surface area contributed by atoms with E-state index in [2.05, 4.69) is 38.0 Å². The molecule has 1 heterocycles. The molecule has 0 radical (unpaired) electrons. The molecule has 4 heteroatoms. The SMILES string of the molecule is CCCc1nc(N(C)CCC(C)C)sc1CNC1CC1. The van der Waals surface area contributed by atoms with Crippen molar-refractivity contribution in [3.63, 3.8) is 0 Å². The van der Waals surface area contributed by atoms with Crippen molar-refractivity contribution in [1.29, 1.82) is 0 Å². The number of nitrogens with zero attached hydrogens (tertiary/aromatic N) is 2. The maximum Gasteiger partial charge on any atom is 0.185 e. The van der Waals surface area contributed by atoms with Crippen LogP contribution in [-0.4, -0.2) is 24.6 Å². The van der Waals surface area contributed by atoms with Crippen LogP contribution in [0.5, 0.6) is 0 Å². The molecule has 0 bridgehead atoms. The van der Waals surface area contributed by atoms with E-state index < -0.39 is 0 Å². The Morgan fingerprint density at radius 3 is 2.75 bits per heavy atom. The van der Waals surface area contributed by atoms with E-state index in [0.717, 1.165) is 31.5 Å². The number of aromatic nitrogens is 1. The zero-order valence-corrected chi connectivity index (χ0v) is 14.2. The summed E-state index contributed by atoms with van der Waals surface area (Å²) in [6.07, 6.45) is 6.21. The summed E-state index contributed by atoms with van der Waals surface area (Å²) in [5.41, 5.74) is 1.32. The molecule has 1 aliphatic rings. The van der Waals surface area contributed by atoms with Gasteiger partial charge < -0.3 is 10.2 Å². The molecule has 0 unspecified atom stereocenters. The lowest BCUT2D eigenvalue weighted by atomic mass is 10.1. The first-order valence-electron chi connectivity index (χ1n) is 8.03. The molecular weight excluding hydrogens is 266 g/mol. The largest absolute Gasteiger partial charge is 0.351 e. The predicted octanol–water partition coefficient (Wildman–Crippen LogP) is 3.83. The van der Waals surface area contributed by atoms with Gasteiger partial charge in [-0.15, -0.1) is 11.3 Å². The standard InChI is InChI=1S/C16H29N3S/c1-5-6-14-15(11-17-13-7-8-13)20-16(18-14)19(4)10-9-12(2)3/h12-13,17H,5-11H2,1-4H3. The van der Waals surface area contributed by atoms with Crippen molar-refractivity contribution in [2.75, 3.05) is 18.5 Å². The number of nitrogens with one attached hydrogen (secondary N) is 1. The molecule has 1 aromatic rings. The van der Waals surface area contributed by atoms with E-state index in [1.54, 1.807) is 0 Å². The van der Waals surface area contributed by atoms with Gasteiger partial charge in [-0.3, -0.25) is 0 Å². The van der Waals surface area contributed by atoms with Gasteiger partial charge in [0.15, 0.2) is 5.13 Å². The lowest BCUT2D eigenvalue weighted by molar-refractivity contribution is 0.584. The van der Waals surface area contributed by atoms with Crippen LogP contribution in [0.15, 0.2) is 0 Å². The fourth-order valence-electron chi connectivity index (χ4n) is 2.18. The van der Waals surface area contributed by atoms with Crippen LogP contribution in [0.1, 0.15) is 57.0 Å². The Kier molecular flexibility index (Phi) is 5.85. The molecule has 0 atom stereocenters. The molecule has 2 rings (SSSR count). The van der Waals surface area contributed by atoms with Crippen LogP contribution in [0.2, 0.25) is 0 Å². The van der Waals surface area contributed by atoms with Crippen molar-refractivity contribution in [1.82, 2.24) is 10.3 Å². The summed E-state index contributed by atoms with van der Waals surface area (Å²) >= 11 is 1.88. The quantitative estimate of drug-likeness (QED) is 0.750. The van der Waals surface area contributed by atoms with Gasteiger partial charge in [-0.05, 0) is 31.6 Å². The molecule has 3 nitrogen and oxygen atoms in total. The Hall–Kier alpha value is -0.610. The van der Waals surface area contributed by atoms with Gasteiger partial charge >= 0.3 is 0 Å². The number of hydrogen-bond donors (Lipinski definition) is 1. The number of thiazole rings is 1. The second-order valence-electron chi connectivity index (χ2n) is 6.38. The van der Waals surface area contributed by atoms with Crippen molar-refractivity contribution in [3.05, 3.63) is 10.6 Å². The molecule has 0 amide bonds. The number of rotatable bonds is 9. The maximum absolute atomic E-state index is 4.88. The van der Waals surface area contributed by atoms with Crippen molar-refractivity contribution >= 4 is 16.5 Å². The highest BCUT2D eigenvalue weighted by Crippen LogP contribution is 2.28. The fraction of sp³-hybridized carbons (Fsp3) is 0.812. The van der Waals surface area contributed by atoms with Crippen molar-refractivity contribution < 1.29 is 0 Å². The first kappa shape index (κ1) is 15.8. The summed E-state index contributed by atoms with van der Waals surface area (Å²) in [7, 11) is 2.18. The molecule has 1 aliphatic carbocycles. The lowest BCUT2D eigenvalue weighted by Gasteiger charge is -2.16. The van der Waals surface area contributed by atoms with Gasteiger partial charge in [0.05, 0.1) is 5.69 Å². The summed E-state index contributed by atoms with van der Waals surface area (Å²) < 4.78 is 0. The minimum atomic E-state index is 0.753. The second kappa shape index (κ2) is 7.41. The molecule has 0 spiro atoms. The van der Waals surface area contributed by atoms with Gasteiger partial charge in [0.1, 0.15) is 0 Å². The third-order valence-electron chi connectivity index (χ3n) is 3.75. The van der Waals surface area contributed by atoms with E-state index in [4.69, 9.17) is 4.98 Å². The molecule has 0 aromatic carbocycles. The Morgan fingerprint density at radius 2 is 2.15 bits per heavy atom. The van der Waals surface area contributed by atoms with Crippen molar-refractivity contribution in [3.8, 4) is 0 Å². The van der Waals surface area contributed by atoms with Gasteiger partial charge in [-0.2, -0.15) is 0 Å². The molecule has 1 aromatic heterocycles. The third-order valence-corrected chi connectivity index (χ3v) is 4.96. The van der Waals surface area contributed by atoms with Crippen LogP contribution < -0.4 is 10.2 Å². The average Bonchev–Trinajstić information content (AvgIpc) is 3.15. The molecule has 1 fully saturated rings. The Labute approximate surface area is 127 Å². The van der Waals surface area contributed by atoms with E-state index in [1.807, 2.05) is 11.3 Å². The highest BCUT2D eigenvalue weighted by molar-refractivity contribution is 7.15. The Morgan fingerprint density at radius 1 is 1.40 bits per heavy atom. The summed E-state index contributed by atoms with van der Waals surface area (Å²) in [5.74, 6) is 0.753. The first-order valence-corrected chi connectivity index (χ1v) is 8.84. The second-order valence-corrected chi connectivity index (χ2v) is 7.44. The van der Waals surface area contributed by atoms with Gasteiger partial charge in [-0.25, -0.2) is 4.98 Å².